The minimum absolute atomic E-state index is 0.391. The molecule has 0 bridgehead atoms. The molecule has 0 aromatic carbocycles. The summed E-state index contributed by atoms with van der Waals surface area (Å²) < 4.78 is 0. The maximum atomic E-state index is 9.10. The van der Waals surface area contributed by atoms with Crippen LogP contribution >= 0.6 is 0 Å². The van der Waals surface area contributed by atoms with Crippen LogP contribution in [-0.2, 0) is 0 Å². The molecule has 1 heteroatoms. The van der Waals surface area contributed by atoms with Crippen molar-refractivity contribution in [2.75, 3.05) is 6.61 Å². The smallest absolute Gasteiger partial charge is 0.0462 e. The van der Waals surface area contributed by atoms with Crippen molar-refractivity contribution in [3.63, 3.8) is 0 Å². The van der Waals surface area contributed by atoms with Gasteiger partial charge >= 0.3 is 0 Å². The lowest BCUT2D eigenvalue weighted by molar-refractivity contribution is 0.123. The molecule has 0 aromatic heterocycles. The number of aliphatic hydroxyl groups excluding tert-OH is 1. The maximum Gasteiger partial charge on any atom is 0.0462 e. The van der Waals surface area contributed by atoms with Gasteiger partial charge in [0.05, 0.1) is 0 Å². The molecule has 1 aliphatic carbocycles. The van der Waals surface area contributed by atoms with Gasteiger partial charge < -0.3 is 5.11 Å². The molecular weight excluding hydrogens is 136 g/mol. The Hall–Kier alpha value is -0.0400. The Morgan fingerprint density at radius 1 is 1.27 bits per heavy atom. The van der Waals surface area contributed by atoms with E-state index < -0.39 is 0 Å². The van der Waals surface area contributed by atoms with Crippen molar-refractivity contribution >= 4 is 0 Å². The predicted molar refractivity (Wildman–Crippen MR) is 47.4 cm³/mol. The summed E-state index contributed by atoms with van der Waals surface area (Å²) in [6.07, 6.45) is 3.86. The van der Waals surface area contributed by atoms with Crippen molar-refractivity contribution in [3.8, 4) is 0 Å². The zero-order chi connectivity index (χ0) is 8.48. The first-order chi connectivity index (χ1) is 5.05. The first kappa shape index (κ1) is 9.05. The van der Waals surface area contributed by atoms with Crippen molar-refractivity contribution in [1.82, 2.24) is 0 Å². The molecule has 1 aliphatic rings. The lowest BCUT2D eigenvalue weighted by Gasteiger charge is -2.31. The molecule has 1 rings (SSSR count). The van der Waals surface area contributed by atoms with Gasteiger partial charge in [-0.3, -0.25) is 0 Å². The second kappa shape index (κ2) is 3.14. The first-order valence-electron chi connectivity index (χ1n) is 4.66. The van der Waals surface area contributed by atoms with Gasteiger partial charge in [-0.05, 0) is 30.1 Å². The van der Waals surface area contributed by atoms with Gasteiger partial charge in [0, 0.05) is 6.61 Å². The molecule has 11 heavy (non-hydrogen) atoms. The fourth-order valence-electron chi connectivity index (χ4n) is 2.40. The van der Waals surface area contributed by atoms with Crippen LogP contribution in [0.4, 0.5) is 0 Å². The van der Waals surface area contributed by atoms with Crippen LogP contribution in [0.25, 0.3) is 0 Å². The maximum absolute atomic E-state index is 9.10. The SMILES string of the molecule is CC(C)(C)[C@H]1CCC[C@H]1CO. The average Bonchev–Trinajstić information content (AvgIpc) is 2.31. The van der Waals surface area contributed by atoms with Gasteiger partial charge in [-0.2, -0.15) is 0 Å². The topological polar surface area (TPSA) is 20.2 Å². The molecule has 1 fully saturated rings. The van der Waals surface area contributed by atoms with E-state index >= 15 is 0 Å². The molecule has 0 unspecified atom stereocenters. The molecular formula is C10H20O. The largest absolute Gasteiger partial charge is 0.396 e. The quantitative estimate of drug-likeness (QED) is 0.618. The fourth-order valence-corrected chi connectivity index (χ4v) is 2.40. The Kier molecular flexibility index (Phi) is 2.58. The predicted octanol–water partition coefficient (Wildman–Crippen LogP) is 2.44. The van der Waals surface area contributed by atoms with E-state index in [4.69, 9.17) is 5.11 Å². The number of rotatable bonds is 1. The summed E-state index contributed by atoms with van der Waals surface area (Å²) in [6.45, 7) is 7.24. The van der Waals surface area contributed by atoms with Crippen molar-refractivity contribution < 1.29 is 5.11 Å². The Bertz CT molecular complexity index is 123. The number of hydrogen-bond donors (Lipinski definition) is 1. The van der Waals surface area contributed by atoms with E-state index in [0.717, 1.165) is 5.92 Å². The monoisotopic (exact) mass is 156 g/mol. The molecule has 0 spiro atoms. The second-order valence-corrected chi connectivity index (χ2v) is 4.85. The van der Waals surface area contributed by atoms with Crippen LogP contribution < -0.4 is 0 Å². The van der Waals surface area contributed by atoms with Gasteiger partial charge in [-0.25, -0.2) is 0 Å². The third-order valence-corrected chi connectivity index (χ3v) is 3.01. The summed E-state index contributed by atoms with van der Waals surface area (Å²) in [7, 11) is 0. The zero-order valence-electron chi connectivity index (χ0n) is 7.93. The van der Waals surface area contributed by atoms with E-state index in [0.29, 0.717) is 17.9 Å². The van der Waals surface area contributed by atoms with Crippen LogP contribution in [0.2, 0.25) is 0 Å². The van der Waals surface area contributed by atoms with E-state index in [1.54, 1.807) is 0 Å². The number of aliphatic hydroxyl groups is 1. The van der Waals surface area contributed by atoms with Crippen molar-refractivity contribution in [2.24, 2.45) is 17.3 Å². The average molecular weight is 156 g/mol. The zero-order valence-corrected chi connectivity index (χ0v) is 7.93. The lowest BCUT2D eigenvalue weighted by Crippen LogP contribution is -2.25. The van der Waals surface area contributed by atoms with Gasteiger partial charge in [0.25, 0.3) is 0 Å². The van der Waals surface area contributed by atoms with E-state index in [9.17, 15) is 0 Å². The van der Waals surface area contributed by atoms with E-state index in [1.807, 2.05) is 0 Å². The highest BCUT2D eigenvalue weighted by molar-refractivity contribution is 4.85. The minimum atomic E-state index is 0.391. The molecule has 0 amide bonds. The van der Waals surface area contributed by atoms with Crippen LogP contribution in [0.5, 0.6) is 0 Å². The normalized spacial score (nSPS) is 32.7. The standard InChI is InChI=1S/C10H20O/c1-10(2,3)9-6-4-5-8(9)7-11/h8-9,11H,4-7H2,1-3H3/t8-,9-/m0/s1. The van der Waals surface area contributed by atoms with Crippen molar-refractivity contribution in [2.45, 2.75) is 40.0 Å². The molecule has 2 atom stereocenters. The van der Waals surface area contributed by atoms with Gasteiger partial charge in [0.15, 0.2) is 0 Å². The lowest BCUT2D eigenvalue weighted by atomic mass is 9.75. The summed E-state index contributed by atoms with van der Waals surface area (Å²) in [4.78, 5) is 0. The minimum Gasteiger partial charge on any atom is -0.396 e. The number of hydrogen-bond acceptors (Lipinski definition) is 1. The van der Waals surface area contributed by atoms with E-state index in [-0.39, 0.29) is 0 Å². The summed E-state index contributed by atoms with van der Waals surface area (Å²) in [6, 6.07) is 0. The molecule has 0 aromatic rings. The van der Waals surface area contributed by atoms with Crippen molar-refractivity contribution in [1.29, 1.82) is 0 Å². The van der Waals surface area contributed by atoms with Gasteiger partial charge in [-0.15, -0.1) is 0 Å². The third kappa shape index (κ3) is 1.96. The summed E-state index contributed by atoms with van der Waals surface area (Å²) in [5.74, 6) is 1.32. The van der Waals surface area contributed by atoms with Crippen LogP contribution in [-0.4, -0.2) is 11.7 Å². The van der Waals surface area contributed by atoms with Gasteiger partial charge in [-0.1, -0.05) is 27.2 Å². The van der Waals surface area contributed by atoms with Crippen LogP contribution in [0.3, 0.4) is 0 Å². The van der Waals surface area contributed by atoms with Crippen LogP contribution in [0.1, 0.15) is 40.0 Å². The second-order valence-electron chi connectivity index (χ2n) is 4.85. The summed E-state index contributed by atoms with van der Waals surface area (Å²) in [5.41, 5.74) is 0.393. The Morgan fingerprint density at radius 3 is 2.27 bits per heavy atom. The Balaban J connectivity index is 2.57. The molecule has 1 nitrogen and oxygen atoms in total. The summed E-state index contributed by atoms with van der Waals surface area (Å²) in [5, 5.41) is 9.10. The molecule has 0 aliphatic heterocycles. The molecule has 1 N–H and O–H groups in total. The highest BCUT2D eigenvalue weighted by atomic mass is 16.3. The summed E-state index contributed by atoms with van der Waals surface area (Å²) >= 11 is 0. The molecule has 0 saturated heterocycles. The van der Waals surface area contributed by atoms with Crippen molar-refractivity contribution in [3.05, 3.63) is 0 Å². The van der Waals surface area contributed by atoms with E-state index in [1.165, 1.54) is 19.3 Å². The highest BCUT2D eigenvalue weighted by Crippen LogP contribution is 2.42. The Labute approximate surface area is 69.8 Å². The molecule has 0 heterocycles. The Morgan fingerprint density at radius 2 is 1.91 bits per heavy atom. The van der Waals surface area contributed by atoms with Crippen LogP contribution in [0, 0.1) is 17.3 Å². The van der Waals surface area contributed by atoms with Gasteiger partial charge in [0.1, 0.15) is 0 Å². The van der Waals surface area contributed by atoms with E-state index in [2.05, 4.69) is 20.8 Å². The first-order valence-corrected chi connectivity index (χ1v) is 4.66. The molecule has 0 radical (unpaired) electrons. The van der Waals surface area contributed by atoms with Gasteiger partial charge in [0.2, 0.25) is 0 Å². The molecule has 66 valence electrons. The molecule has 1 saturated carbocycles. The van der Waals surface area contributed by atoms with Crippen LogP contribution in [0.15, 0.2) is 0 Å². The highest BCUT2D eigenvalue weighted by Gasteiger charge is 2.35. The fraction of sp³-hybridized carbons (Fsp3) is 1.00. The third-order valence-electron chi connectivity index (χ3n) is 3.01.